The topological polar surface area (TPSA) is 71.0 Å². The zero-order chi connectivity index (χ0) is 18.1. The molecule has 136 valence electrons. The fraction of sp³-hybridized carbons (Fsp3) is 0.389. The third-order valence-corrected chi connectivity index (χ3v) is 6.67. The highest BCUT2D eigenvalue weighted by atomic mass is 32.1. The van der Waals surface area contributed by atoms with Gasteiger partial charge in [-0.05, 0) is 60.2 Å². The van der Waals surface area contributed by atoms with Crippen LogP contribution in [0.1, 0.15) is 33.9 Å². The molecule has 1 aliphatic rings. The van der Waals surface area contributed by atoms with Crippen molar-refractivity contribution in [3.8, 4) is 5.00 Å². The number of aromatic nitrogens is 3. The number of aromatic amines is 1. The zero-order valence-corrected chi connectivity index (χ0v) is 16.1. The molecule has 3 aromatic heterocycles. The summed E-state index contributed by atoms with van der Waals surface area (Å²) in [5.74, 6) is 1.34. The van der Waals surface area contributed by atoms with Crippen LogP contribution in [0.15, 0.2) is 33.8 Å². The largest absolute Gasteiger partial charge is 0.348 e. The molecular weight excluding hydrogens is 368 g/mol. The van der Waals surface area contributed by atoms with Gasteiger partial charge in [-0.25, -0.2) is 14.5 Å². The van der Waals surface area contributed by atoms with E-state index in [4.69, 9.17) is 0 Å². The summed E-state index contributed by atoms with van der Waals surface area (Å²) in [4.78, 5) is 27.4. The van der Waals surface area contributed by atoms with Gasteiger partial charge in [0, 0.05) is 19.5 Å². The van der Waals surface area contributed by atoms with Crippen LogP contribution < -0.4 is 5.69 Å². The van der Waals surface area contributed by atoms with Crippen LogP contribution in [-0.4, -0.2) is 38.7 Å². The zero-order valence-electron chi connectivity index (χ0n) is 14.5. The second-order valence-electron chi connectivity index (χ2n) is 6.66. The quantitative estimate of drug-likeness (QED) is 0.747. The van der Waals surface area contributed by atoms with Crippen molar-refractivity contribution < 1.29 is 4.79 Å². The predicted molar refractivity (Wildman–Crippen MR) is 103 cm³/mol. The minimum Gasteiger partial charge on any atom is -0.338 e. The Morgan fingerprint density at radius 3 is 2.81 bits per heavy atom. The molecule has 1 N–H and O–H groups in total. The van der Waals surface area contributed by atoms with Crippen LogP contribution in [0.3, 0.4) is 0 Å². The van der Waals surface area contributed by atoms with Gasteiger partial charge in [-0.15, -0.1) is 22.7 Å². The fourth-order valence-electron chi connectivity index (χ4n) is 3.39. The number of hydrogen-bond acceptors (Lipinski definition) is 5. The van der Waals surface area contributed by atoms with E-state index in [2.05, 4.69) is 10.2 Å². The molecule has 6 nitrogen and oxygen atoms in total. The van der Waals surface area contributed by atoms with E-state index in [9.17, 15) is 9.59 Å². The van der Waals surface area contributed by atoms with Crippen molar-refractivity contribution in [2.45, 2.75) is 26.2 Å². The number of amides is 1. The molecule has 0 aromatic carbocycles. The minimum absolute atomic E-state index is 0.136. The SMILES string of the molecule is Cc1csc(C(=O)N2CCC(Cc3n[nH]c(=O)n3-c3cccs3)CC2)c1. The Morgan fingerprint density at radius 2 is 2.15 bits per heavy atom. The molecule has 1 fully saturated rings. The molecule has 1 saturated heterocycles. The summed E-state index contributed by atoms with van der Waals surface area (Å²) in [5, 5.41) is 11.6. The number of nitrogens with one attached hydrogen (secondary N) is 1. The lowest BCUT2D eigenvalue weighted by Crippen LogP contribution is -2.38. The van der Waals surface area contributed by atoms with Crippen LogP contribution in [0, 0.1) is 12.8 Å². The molecule has 0 radical (unpaired) electrons. The third-order valence-electron chi connectivity index (χ3n) is 4.78. The van der Waals surface area contributed by atoms with Gasteiger partial charge in [-0.3, -0.25) is 4.79 Å². The van der Waals surface area contributed by atoms with Gasteiger partial charge in [0.05, 0.1) is 4.88 Å². The van der Waals surface area contributed by atoms with E-state index in [-0.39, 0.29) is 11.6 Å². The van der Waals surface area contributed by atoms with Gasteiger partial charge in [-0.1, -0.05) is 0 Å². The van der Waals surface area contributed by atoms with E-state index in [1.165, 1.54) is 22.7 Å². The van der Waals surface area contributed by atoms with Gasteiger partial charge in [-0.2, -0.15) is 5.10 Å². The number of hydrogen-bond donors (Lipinski definition) is 1. The number of nitrogens with zero attached hydrogens (tertiary/aromatic N) is 3. The molecule has 1 amide bonds. The van der Waals surface area contributed by atoms with Crippen LogP contribution in [-0.2, 0) is 6.42 Å². The lowest BCUT2D eigenvalue weighted by Gasteiger charge is -2.31. The van der Waals surface area contributed by atoms with E-state index in [0.29, 0.717) is 5.92 Å². The Bertz CT molecular complexity index is 946. The maximum atomic E-state index is 12.6. The molecule has 4 rings (SSSR count). The van der Waals surface area contributed by atoms with Crippen LogP contribution in [0.5, 0.6) is 0 Å². The van der Waals surface area contributed by atoms with E-state index in [1.54, 1.807) is 4.57 Å². The van der Waals surface area contributed by atoms with Gasteiger partial charge in [0.25, 0.3) is 5.91 Å². The number of rotatable bonds is 4. The number of likely N-dealkylation sites (tertiary alicyclic amines) is 1. The standard InChI is InChI=1S/C18H20N4O2S2/c1-12-9-14(26-11-12)17(23)21-6-4-13(5-7-21)10-15-19-20-18(24)22(15)16-3-2-8-25-16/h2-3,8-9,11,13H,4-7,10H2,1H3,(H,20,24). The van der Waals surface area contributed by atoms with E-state index in [1.807, 2.05) is 40.8 Å². The van der Waals surface area contributed by atoms with E-state index >= 15 is 0 Å². The second kappa shape index (κ2) is 7.20. The van der Waals surface area contributed by atoms with E-state index < -0.39 is 0 Å². The average Bonchev–Trinajstić information content (AvgIpc) is 3.37. The Morgan fingerprint density at radius 1 is 1.35 bits per heavy atom. The van der Waals surface area contributed by atoms with Crippen LogP contribution in [0.2, 0.25) is 0 Å². The van der Waals surface area contributed by atoms with Gasteiger partial charge in [0.2, 0.25) is 0 Å². The maximum Gasteiger partial charge on any atom is 0.348 e. The summed E-state index contributed by atoms with van der Waals surface area (Å²) in [6.45, 7) is 3.53. The molecule has 1 aliphatic heterocycles. The van der Waals surface area contributed by atoms with Crippen LogP contribution in [0.25, 0.3) is 5.00 Å². The maximum absolute atomic E-state index is 12.6. The second-order valence-corrected chi connectivity index (χ2v) is 8.50. The molecular formula is C18H20N4O2S2. The summed E-state index contributed by atoms with van der Waals surface area (Å²) >= 11 is 3.04. The highest BCUT2D eigenvalue weighted by Gasteiger charge is 2.26. The van der Waals surface area contributed by atoms with Gasteiger partial charge < -0.3 is 4.90 Å². The highest BCUT2D eigenvalue weighted by Crippen LogP contribution is 2.25. The number of H-pyrrole nitrogens is 1. The number of carbonyl (C=O) groups excluding carboxylic acids is 1. The molecule has 0 saturated carbocycles. The molecule has 4 heterocycles. The van der Waals surface area contributed by atoms with Crippen molar-refractivity contribution >= 4 is 28.6 Å². The molecule has 0 aliphatic carbocycles. The van der Waals surface area contributed by atoms with Gasteiger partial charge in [0.15, 0.2) is 0 Å². The van der Waals surface area contributed by atoms with Crippen LogP contribution in [0.4, 0.5) is 0 Å². The summed E-state index contributed by atoms with van der Waals surface area (Å²) in [5.41, 5.74) is 0.946. The fourth-order valence-corrected chi connectivity index (χ4v) is 5.00. The monoisotopic (exact) mass is 388 g/mol. The Labute approximate surface area is 159 Å². The van der Waals surface area contributed by atoms with E-state index in [0.717, 1.165) is 53.6 Å². The van der Waals surface area contributed by atoms with Crippen molar-refractivity contribution in [2.24, 2.45) is 5.92 Å². The smallest absolute Gasteiger partial charge is 0.338 e. The number of piperidine rings is 1. The van der Waals surface area contributed by atoms with Crippen molar-refractivity contribution in [1.82, 2.24) is 19.7 Å². The third kappa shape index (κ3) is 3.39. The lowest BCUT2D eigenvalue weighted by molar-refractivity contribution is 0.0694. The predicted octanol–water partition coefficient (Wildman–Crippen LogP) is 3.09. The first-order chi connectivity index (χ1) is 12.6. The van der Waals surface area contributed by atoms with Gasteiger partial charge in [0.1, 0.15) is 10.8 Å². The lowest BCUT2D eigenvalue weighted by atomic mass is 9.93. The van der Waals surface area contributed by atoms with Crippen LogP contribution >= 0.6 is 22.7 Å². The molecule has 0 unspecified atom stereocenters. The van der Waals surface area contributed by atoms with Crippen molar-refractivity contribution in [2.75, 3.05) is 13.1 Å². The number of aryl methyl sites for hydroxylation is 1. The number of thiophene rings is 2. The summed E-state index contributed by atoms with van der Waals surface area (Å²) < 4.78 is 1.66. The Kier molecular flexibility index (Phi) is 4.78. The molecule has 3 aromatic rings. The average molecular weight is 389 g/mol. The molecule has 0 spiro atoms. The number of carbonyl (C=O) groups is 1. The van der Waals surface area contributed by atoms with Gasteiger partial charge >= 0.3 is 5.69 Å². The van der Waals surface area contributed by atoms with Crippen molar-refractivity contribution in [3.63, 3.8) is 0 Å². The first-order valence-electron chi connectivity index (χ1n) is 8.66. The molecule has 0 atom stereocenters. The minimum atomic E-state index is -0.192. The summed E-state index contributed by atoms with van der Waals surface area (Å²) in [6, 6.07) is 5.82. The summed E-state index contributed by atoms with van der Waals surface area (Å²) in [7, 11) is 0. The van der Waals surface area contributed by atoms with Crippen molar-refractivity contribution in [3.05, 3.63) is 55.7 Å². The molecule has 26 heavy (non-hydrogen) atoms. The molecule has 0 bridgehead atoms. The summed E-state index contributed by atoms with van der Waals surface area (Å²) in [6.07, 6.45) is 2.61. The molecule has 8 heteroatoms. The van der Waals surface area contributed by atoms with Crippen molar-refractivity contribution in [1.29, 1.82) is 0 Å². The first-order valence-corrected chi connectivity index (χ1v) is 10.4. The Balaban J connectivity index is 1.41. The first kappa shape index (κ1) is 17.2. The Hall–Kier alpha value is -2.19. The normalized spacial score (nSPS) is 15.5. The highest BCUT2D eigenvalue weighted by molar-refractivity contribution is 7.12.